The summed E-state index contributed by atoms with van der Waals surface area (Å²) >= 11 is 3.44. The first-order valence-corrected chi connectivity index (χ1v) is 6.13. The van der Waals surface area contributed by atoms with Crippen molar-refractivity contribution >= 4 is 27.3 Å². The zero-order valence-corrected chi connectivity index (χ0v) is 11.4. The highest BCUT2D eigenvalue weighted by Gasteiger charge is 2.02. The average molecular weight is 303 g/mol. The summed E-state index contributed by atoms with van der Waals surface area (Å²) in [5, 5.41) is 12.1. The highest BCUT2D eigenvalue weighted by Crippen LogP contribution is 2.27. The van der Waals surface area contributed by atoms with Crippen LogP contribution in [0.5, 0.6) is 5.75 Å². The Kier molecular flexibility index (Phi) is 3.85. The third kappa shape index (κ3) is 2.82. The fourth-order valence-corrected chi connectivity index (χ4v) is 1.99. The Labute approximate surface area is 114 Å². The van der Waals surface area contributed by atoms with Gasteiger partial charge in [0.15, 0.2) is 0 Å². The average Bonchev–Trinajstić information content (AvgIpc) is 2.42. The highest BCUT2D eigenvalue weighted by molar-refractivity contribution is 9.10. The van der Waals surface area contributed by atoms with Crippen molar-refractivity contribution in [2.75, 3.05) is 12.4 Å². The van der Waals surface area contributed by atoms with Crippen LogP contribution in [-0.4, -0.2) is 7.11 Å². The lowest BCUT2D eigenvalue weighted by atomic mass is 10.2. The van der Waals surface area contributed by atoms with E-state index in [1.807, 2.05) is 30.3 Å². The maximum absolute atomic E-state index is 8.80. The molecule has 4 heteroatoms. The standard InChI is InChI=1S/C14H11BrN2O/c1-18-12-5-3-11(4-6-12)17-14-7-2-10(9-16)8-13(14)15/h2-8,17H,1H3. The number of nitrogens with zero attached hydrogens (tertiary/aromatic N) is 1. The number of methoxy groups -OCH3 is 1. The molecule has 0 aliphatic rings. The van der Waals surface area contributed by atoms with Crippen molar-refractivity contribution in [3.63, 3.8) is 0 Å². The molecule has 0 bridgehead atoms. The van der Waals surface area contributed by atoms with Crippen LogP contribution in [0.4, 0.5) is 11.4 Å². The first-order chi connectivity index (χ1) is 8.72. The summed E-state index contributed by atoms with van der Waals surface area (Å²) in [5.74, 6) is 0.819. The Balaban J connectivity index is 2.20. The van der Waals surface area contributed by atoms with Crippen LogP contribution in [-0.2, 0) is 0 Å². The number of nitriles is 1. The van der Waals surface area contributed by atoms with Crippen molar-refractivity contribution in [3.8, 4) is 11.8 Å². The van der Waals surface area contributed by atoms with Gasteiger partial charge in [-0.05, 0) is 58.4 Å². The van der Waals surface area contributed by atoms with Gasteiger partial charge in [-0.15, -0.1) is 0 Å². The Hall–Kier alpha value is -1.99. The van der Waals surface area contributed by atoms with Gasteiger partial charge in [-0.1, -0.05) is 0 Å². The molecule has 0 amide bonds. The lowest BCUT2D eigenvalue weighted by molar-refractivity contribution is 0.415. The zero-order chi connectivity index (χ0) is 13.0. The molecule has 18 heavy (non-hydrogen) atoms. The molecule has 0 aliphatic carbocycles. The largest absolute Gasteiger partial charge is 0.497 e. The van der Waals surface area contributed by atoms with Crippen molar-refractivity contribution in [3.05, 3.63) is 52.5 Å². The summed E-state index contributed by atoms with van der Waals surface area (Å²) in [5.41, 5.74) is 2.50. The fourth-order valence-electron chi connectivity index (χ4n) is 1.52. The van der Waals surface area contributed by atoms with Gasteiger partial charge in [0.2, 0.25) is 0 Å². The summed E-state index contributed by atoms with van der Waals surface area (Å²) in [7, 11) is 1.64. The molecule has 0 spiro atoms. The third-order valence-corrected chi connectivity index (χ3v) is 3.12. The number of anilines is 2. The minimum absolute atomic E-state index is 0.627. The van der Waals surface area contributed by atoms with E-state index in [2.05, 4.69) is 27.3 Å². The highest BCUT2D eigenvalue weighted by atomic mass is 79.9. The van der Waals surface area contributed by atoms with E-state index in [4.69, 9.17) is 10.00 Å². The van der Waals surface area contributed by atoms with Gasteiger partial charge < -0.3 is 10.1 Å². The molecule has 0 atom stereocenters. The predicted octanol–water partition coefficient (Wildman–Crippen LogP) is 4.07. The van der Waals surface area contributed by atoms with E-state index >= 15 is 0 Å². The van der Waals surface area contributed by atoms with Crippen molar-refractivity contribution in [1.82, 2.24) is 0 Å². The van der Waals surface area contributed by atoms with Crippen LogP contribution in [0.15, 0.2) is 46.9 Å². The van der Waals surface area contributed by atoms with Crippen LogP contribution >= 0.6 is 15.9 Å². The number of nitrogens with one attached hydrogen (secondary N) is 1. The molecule has 0 saturated carbocycles. The lowest BCUT2D eigenvalue weighted by Crippen LogP contribution is -1.92. The van der Waals surface area contributed by atoms with Crippen LogP contribution in [0.25, 0.3) is 0 Å². The smallest absolute Gasteiger partial charge is 0.119 e. The first-order valence-electron chi connectivity index (χ1n) is 5.33. The first kappa shape index (κ1) is 12.5. The summed E-state index contributed by atoms with van der Waals surface area (Å²) in [4.78, 5) is 0. The van der Waals surface area contributed by atoms with E-state index in [0.717, 1.165) is 21.6 Å². The molecule has 90 valence electrons. The van der Waals surface area contributed by atoms with Gasteiger partial charge in [0.25, 0.3) is 0 Å². The minimum Gasteiger partial charge on any atom is -0.497 e. The Bertz CT molecular complexity index is 588. The molecular weight excluding hydrogens is 292 g/mol. The summed E-state index contributed by atoms with van der Waals surface area (Å²) in [6, 6.07) is 15.2. The number of benzene rings is 2. The van der Waals surface area contributed by atoms with Gasteiger partial charge in [-0.3, -0.25) is 0 Å². The van der Waals surface area contributed by atoms with Crippen LogP contribution in [0.1, 0.15) is 5.56 Å². The number of rotatable bonds is 3. The van der Waals surface area contributed by atoms with Gasteiger partial charge >= 0.3 is 0 Å². The number of halogens is 1. The number of hydrogen-bond acceptors (Lipinski definition) is 3. The van der Waals surface area contributed by atoms with E-state index in [1.54, 1.807) is 19.2 Å². The molecule has 0 radical (unpaired) electrons. The summed E-state index contributed by atoms with van der Waals surface area (Å²) < 4.78 is 5.96. The van der Waals surface area contributed by atoms with Crippen molar-refractivity contribution in [2.45, 2.75) is 0 Å². The summed E-state index contributed by atoms with van der Waals surface area (Å²) in [6.07, 6.45) is 0. The number of ether oxygens (including phenoxy) is 1. The van der Waals surface area contributed by atoms with Crippen molar-refractivity contribution < 1.29 is 4.74 Å². The van der Waals surface area contributed by atoms with E-state index < -0.39 is 0 Å². The molecule has 0 aromatic heterocycles. The Morgan fingerprint density at radius 3 is 2.44 bits per heavy atom. The van der Waals surface area contributed by atoms with Gasteiger partial charge in [0.1, 0.15) is 5.75 Å². The molecule has 0 fully saturated rings. The third-order valence-electron chi connectivity index (χ3n) is 2.47. The quantitative estimate of drug-likeness (QED) is 0.929. The van der Waals surface area contributed by atoms with Crippen LogP contribution in [0, 0.1) is 11.3 Å². The lowest BCUT2D eigenvalue weighted by Gasteiger charge is -2.09. The van der Waals surface area contributed by atoms with Gasteiger partial charge in [-0.2, -0.15) is 5.26 Å². The second kappa shape index (κ2) is 5.56. The molecule has 1 N–H and O–H groups in total. The second-order valence-corrected chi connectivity index (χ2v) is 4.51. The maximum Gasteiger partial charge on any atom is 0.119 e. The predicted molar refractivity (Wildman–Crippen MR) is 75.1 cm³/mol. The van der Waals surface area contributed by atoms with Crippen LogP contribution < -0.4 is 10.1 Å². The van der Waals surface area contributed by atoms with E-state index in [9.17, 15) is 0 Å². The van der Waals surface area contributed by atoms with E-state index in [-0.39, 0.29) is 0 Å². The molecule has 0 aliphatic heterocycles. The summed E-state index contributed by atoms with van der Waals surface area (Å²) in [6.45, 7) is 0. The van der Waals surface area contributed by atoms with Crippen molar-refractivity contribution in [1.29, 1.82) is 5.26 Å². The molecule has 2 aromatic rings. The van der Waals surface area contributed by atoms with Crippen LogP contribution in [0.2, 0.25) is 0 Å². The Morgan fingerprint density at radius 2 is 1.89 bits per heavy atom. The normalized spacial score (nSPS) is 9.61. The van der Waals surface area contributed by atoms with E-state index in [0.29, 0.717) is 5.56 Å². The van der Waals surface area contributed by atoms with Crippen LogP contribution in [0.3, 0.4) is 0 Å². The Morgan fingerprint density at radius 1 is 1.17 bits per heavy atom. The van der Waals surface area contributed by atoms with Gasteiger partial charge in [-0.25, -0.2) is 0 Å². The second-order valence-electron chi connectivity index (χ2n) is 3.66. The molecule has 2 aromatic carbocycles. The monoisotopic (exact) mass is 302 g/mol. The molecule has 0 saturated heterocycles. The topological polar surface area (TPSA) is 45.0 Å². The van der Waals surface area contributed by atoms with E-state index in [1.165, 1.54) is 0 Å². The SMILES string of the molecule is COc1ccc(Nc2ccc(C#N)cc2Br)cc1. The molecular formula is C14H11BrN2O. The fraction of sp³-hybridized carbons (Fsp3) is 0.0714. The molecule has 0 heterocycles. The molecule has 3 nitrogen and oxygen atoms in total. The number of hydrogen-bond donors (Lipinski definition) is 1. The molecule has 2 rings (SSSR count). The van der Waals surface area contributed by atoms with Gasteiger partial charge in [0.05, 0.1) is 24.4 Å². The maximum atomic E-state index is 8.80. The van der Waals surface area contributed by atoms with Gasteiger partial charge in [0, 0.05) is 10.2 Å². The zero-order valence-electron chi connectivity index (χ0n) is 9.77. The molecule has 0 unspecified atom stereocenters. The minimum atomic E-state index is 0.627. The van der Waals surface area contributed by atoms with Crippen molar-refractivity contribution in [2.24, 2.45) is 0 Å².